The van der Waals surface area contributed by atoms with Gasteiger partial charge in [0.2, 0.25) is 5.91 Å². The molecule has 1 saturated heterocycles. The van der Waals surface area contributed by atoms with Crippen LogP contribution in [0.5, 0.6) is 0 Å². The maximum Gasteiger partial charge on any atom is 0.233 e. The molecule has 1 aromatic rings. The number of carbonyl (C=O) groups excluding carboxylic acids is 1. The highest BCUT2D eigenvalue weighted by Crippen LogP contribution is 2.24. The van der Waals surface area contributed by atoms with E-state index in [0.717, 1.165) is 15.9 Å². The van der Waals surface area contributed by atoms with E-state index in [9.17, 15) is 9.90 Å². The molecule has 3 N–H and O–H groups in total. The van der Waals surface area contributed by atoms with E-state index in [0.29, 0.717) is 13.1 Å². The summed E-state index contributed by atoms with van der Waals surface area (Å²) in [5.74, 6) is 0.126. The molecule has 1 fully saturated rings. The fourth-order valence-corrected chi connectivity index (χ4v) is 3.23. The predicted molar refractivity (Wildman–Crippen MR) is 84.8 cm³/mol. The largest absolute Gasteiger partial charge is 0.391 e. The van der Waals surface area contributed by atoms with Crippen molar-refractivity contribution in [3.8, 4) is 0 Å². The number of benzene rings is 1. The van der Waals surface area contributed by atoms with Crippen LogP contribution < -0.4 is 10.6 Å². The Hall–Kier alpha value is -0.560. The summed E-state index contributed by atoms with van der Waals surface area (Å²) in [6.45, 7) is 3.79. The zero-order chi connectivity index (χ0) is 14.5. The Morgan fingerprint density at radius 3 is 2.80 bits per heavy atom. The Balaban J connectivity index is 1.78. The Morgan fingerprint density at radius 2 is 2.20 bits per heavy atom. The first kappa shape index (κ1) is 15.8. The van der Waals surface area contributed by atoms with Gasteiger partial charge in [0.25, 0.3) is 0 Å². The van der Waals surface area contributed by atoms with Crippen LogP contribution in [0, 0.1) is 5.92 Å². The van der Waals surface area contributed by atoms with Gasteiger partial charge in [-0.1, -0.05) is 15.9 Å². The van der Waals surface area contributed by atoms with Crippen molar-refractivity contribution < 1.29 is 9.90 Å². The number of thioether (sulfide) groups is 1. The topological polar surface area (TPSA) is 61.4 Å². The van der Waals surface area contributed by atoms with Crippen LogP contribution >= 0.6 is 27.7 Å². The fraction of sp³-hybridized carbons (Fsp3) is 0.500. The van der Waals surface area contributed by atoms with Crippen LogP contribution in [-0.4, -0.2) is 42.0 Å². The number of aliphatic hydroxyl groups is 1. The molecule has 0 radical (unpaired) electrons. The van der Waals surface area contributed by atoms with Gasteiger partial charge >= 0.3 is 0 Å². The molecule has 0 bridgehead atoms. The summed E-state index contributed by atoms with van der Waals surface area (Å²) < 4.78 is 1.03. The quantitative estimate of drug-likeness (QED) is 0.700. The smallest absolute Gasteiger partial charge is 0.233 e. The lowest BCUT2D eigenvalue weighted by molar-refractivity contribution is -0.120. The normalized spacial score (nSPS) is 23.6. The molecule has 3 atom stereocenters. The van der Waals surface area contributed by atoms with E-state index in [1.807, 2.05) is 31.2 Å². The molecule has 0 saturated carbocycles. The summed E-state index contributed by atoms with van der Waals surface area (Å²) in [5.41, 5.74) is 0. The number of aliphatic hydroxyl groups excluding tert-OH is 1. The van der Waals surface area contributed by atoms with Crippen LogP contribution in [-0.2, 0) is 4.79 Å². The van der Waals surface area contributed by atoms with Gasteiger partial charge in [-0.3, -0.25) is 4.79 Å². The van der Waals surface area contributed by atoms with Crippen LogP contribution in [0.1, 0.15) is 6.92 Å². The van der Waals surface area contributed by atoms with Crippen molar-refractivity contribution in [3.05, 3.63) is 28.7 Å². The van der Waals surface area contributed by atoms with Crippen molar-refractivity contribution in [1.29, 1.82) is 0 Å². The molecule has 1 aliphatic rings. The minimum absolute atomic E-state index is 0.0111. The molecule has 4 nitrogen and oxygen atoms in total. The Morgan fingerprint density at radius 1 is 1.50 bits per heavy atom. The Bertz CT molecular complexity index is 455. The molecule has 6 heteroatoms. The van der Waals surface area contributed by atoms with E-state index in [1.165, 1.54) is 11.8 Å². The van der Waals surface area contributed by atoms with Gasteiger partial charge in [0, 0.05) is 34.9 Å². The average Bonchev–Trinajstić information content (AvgIpc) is 2.84. The first-order valence-corrected chi connectivity index (χ1v) is 8.32. The van der Waals surface area contributed by atoms with Crippen molar-refractivity contribution >= 4 is 33.6 Å². The molecule has 1 amide bonds. The van der Waals surface area contributed by atoms with Crippen LogP contribution in [0.15, 0.2) is 33.6 Å². The molecule has 0 spiro atoms. The molecular weight excluding hydrogens is 340 g/mol. The van der Waals surface area contributed by atoms with Crippen molar-refractivity contribution in [2.75, 3.05) is 19.6 Å². The van der Waals surface area contributed by atoms with E-state index < -0.39 is 0 Å². The van der Waals surface area contributed by atoms with Gasteiger partial charge in [-0.05, 0) is 31.2 Å². The third-order valence-electron chi connectivity index (χ3n) is 3.34. The van der Waals surface area contributed by atoms with Crippen molar-refractivity contribution in [2.24, 2.45) is 5.92 Å². The number of carbonyl (C=O) groups is 1. The van der Waals surface area contributed by atoms with Crippen molar-refractivity contribution in [1.82, 2.24) is 10.6 Å². The van der Waals surface area contributed by atoms with E-state index in [2.05, 4.69) is 26.6 Å². The monoisotopic (exact) mass is 358 g/mol. The number of nitrogens with one attached hydrogen (secondary N) is 2. The van der Waals surface area contributed by atoms with Crippen LogP contribution in [0.25, 0.3) is 0 Å². The lowest BCUT2D eigenvalue weighted by atomic mass is 10.1. The number of rotatable bonds is 5. The highest BCUT2D eigenvalue weighted by atomic mass is 79.9. The molecule has 1 aliphatic heterocycles. The first-order chi connectivity index (χ1) is 9.56. The van der Waals surface area contributed by atoms with Crippen molar-refractivity contribution in [2.45, 2.75) is 23.2 Å². The van der Waals surface area contributed by atoms with Gasteiger partial charge in [-0.25, -0.2) is 0 Å². The standard InChI is InChI=1S/C14H19BrN2O2S/c1-9(20-12-4-2-11(15)3-5-12)14(19)17-7-10-6-16-8-13(10)18/h2-5,9-10,13,16,18H,6-8H2,1H3,(H,17,19). The second-order valence-electron chi connectivity index (χ2n) is 4.94. The number of hydrogen-bond acceptors (Lipinski definition) is 4. The SMILES string of the molecule is CC(Sc1ccc(Br)cc1)C(=O)NCC1CNCC1O. The average molecular weight is 359 g/mol. The van der Waals surface area contributed by atoms with Gasteiger partial charge in [-0.15, -0.1) is 11.8 Å². The zero-order valence-electron chi connectivity index (χ0n) is 11.3. The number of hydrogen-bond donors (Lipinski definition) is 3. The molecular formula is C14H19BrN2O2S. The summed E-state index contributed by atoms with van der Waals surface area (Å²) in [4.78, 5) is 13.1. The van der Waals surface area contributed by atoms with Crippen LogP contribution in [0.2, 0.25) is 0 Å². The molecule has 2 rings (SSSR count). The Labute approximate surface area is 131 Å². The van der Waals surface area contributed by atoms with E-state index in [-0.39, 0.29) is 23.2 Å². The molecule has 1 aromatic carbocycles. The van der Waals surface area contributed by atoms with Crippen LogP contribution in [0.3, 0.4) is 0 Å². The second-order valence-corrected chi connectivity index (χ2v) is 7.27. The van der Waals surface area contributed by atoms with Gasteiger partial charge in [0.1, 0.15) is 0 Å². The minimum atomic E-state index is -0.357. The van der Waals surface area contributed by atoms with Crippen LogP contribution in [0.4, 0.5) is 0 Å². The molecule has 3 unspecified atom stereocenters. The second kappa shape index (κ2) is 7.45. The number of β-amino-alcohol motifs (C(OH)–C–C–N with tert-alkyl or cyclic N) is 1. The summed E-state index contributed by atoms with van der Waals surface area (Å²) in [6, 6.07) is 7.91. The lowest BCUT2D eigenvalue weighted by Gasteiger charge is -2.16. The maximum atomic E-state index is 12.0. The maximum absolute atomic E-state index is 12.0. The van der Waals surface area contributed by atoms with Crippen molar-refractivity contribution in [3.63, 3.8) is 0 Å². The summed E-state index contributed by atoms with van der Waals surface area (Å²) in [5, 5.41) is 15.6. The first-order valence-electron chi connectivity index (χ1n) is 6.65. The summed E-state index contributed by atoms with van der Waals surface area (Å²) in [7, 11) is 0. The number of halogens is 1. The molecule has 20 heavy (non-hydrogen) atoms. The predicted octanol–water partition coefficient (Wildman–Crippen LogP) is 1.63. The molecule has 0 aliphatic carbocycles. The summed E-state index contributed by atoms with van der Waals surface area (Å²) in [6.07, 6.45) is -0.357. The zero-order valence-corrected chi connectivity index (χ0v) is 13.7. The highest BCUT2D eigenvalue weighted by molar-refractivity contribution is 9.10. The van der Waals surface area contributed by atoms with E-state index >= 15 is 0 Å². The summed E-state index contributed by atoms with van der Waals surface area (Å²) >= 11 is 4.92. The fourth-order valence-electron chi connectivity index (χ4n) is 2.07. The van der Waals surface area contributed by atoms with Gasteiger partial charge in [-0.2, -0.15) is 0 Å². The molecule has 0 aromatic heterocycles. The van der Waals surface area contributed by atoms with E-state index in [4.69, 9.17) is 0 Å². The third-order valence-corrected chi connectivity index (χ3v) is 4.98. The third kappa shape index (κ3) is 4.48. The lowest BCUT2D eigenvalue weighted by Crippen LogP contribution is -2.38. The van der Waals surface area contributed by atoms with E-state index in [1.54, 1.807) is 0 Å². The highest BCUT2D eigenvalue weighted by Gasteiger charge is 2.25. The van der Waals surface area contributed by atoms with Gasteiger partial charge in [0.15, 0.2) is 0 Å². The number of amides is 1. The molecule has 1 heterocycles. The van der Waals surface area contributed by atoms with Gasteiger partial charge in [0.05, 0.1) is 11.4 Å². The van der Waals surface area contributed by atoms with Gasteiger partial charge < -0.3 is 15.7 Å². The Kier molecular flexibility index (Phi) is 5.89. The molecule has 110 valence electrons. The minimum Gasteiger partial charge on any atom is -0.391 e.